The van der Waals surface area contributed by atoms with Crippen LogP contribution >= 0.6 is 0 Å². The van der Waals surface area contributed by atoms with Gasteiger partial charge in [0.05, 0.1) is 43.3 Å². The van der Waals surface area contributed by atoms with Crippen LogP contribution in [0.5, 0.6) is 17.2 Å². The molecule has 0 bridgehead atoms. The number of aromatic carboxylic acids is 1. The molecular formula is C72H188NO12-. The lowest BCUT2D eigenvalue weighted by molar-refractivity contribution is -0.268. The molecule has 2 aromatic carbocycles. The second-order valence-corrected chi connectivity index (χ2v) is 13.5. The van der Waals surface area contributed by atoms with E-state index in [4.69, 9.17) is 28.8 Å². The number of esters is 2. The lowest BCUT2D eigenvalue weighted by atomic mass is 9.77. The molecule has 4 atom stereocenters. The molecule has 3 aliphatic heterocycles. The van der Waals surface area contributed by atoms with E-state index in [1.807, 2.05) is 12.1 Å². The van der Waals surface area contributed by atoms with Crippen LogP contribution < -0.4 is 14.6 Å². The molecular weight excluding hydrogens is 1070 g/mol. The minimum atomic E-state index is -2.12. The van der Waals surface area contributed by atoms with E-state index in [2.05, 4.69) is 11.0 Å². The summed E-state index contributed by atoms with van der Waals surface area (Å²) in [4.78, 5) is 38.6. The number of benzene rings is 2. The summed E-state index contributed by atoms with van der Waals surface area (Å²) in [5, 5.41) is 40.7. The first-order valence-electron chi connectivity index (χ1n) is 16.4. The number of methoxy groups -OCH3 is 2. The predicted molar refractivity (Wildman–Crippen MR) is 414 cm³/mol. The van der Waals surface area contributed by atoms with Crippen molar-refractivity contribution < 1.29 is 58.5 Å². The van der Waals surface area contributed by atoms with Crippen molar-refractivity contribution in [3.63, 3.8) is 0 Å². The fourth-order valence-electron chi connectivity index (χ4n) is 7.35. The van der Waals surface area contributed by atoms with Crippen LogP contribution in [0.4, 0.5) is 0 Å². The van der Waals surface area contributed by atoms with Gasteiger partial charge in [-0.3, -0.25) is 9.69 Å². The molecule has 1 fully saturated rings. The molecule has 0 amide bonds. The smallest absolute Gasteiger partial charge is 0.339 e. The standard InChI is InChI=1S/C29H39NO9.C7H6O3.36CH4/c1-27(2,33)8-5-10-29(34,16-23(31)36-4)26(32)39-25-22(35-3)15-28-9-6-11-30(28)12-7-18-13-20-21(38-17-37-20)14-19(18)24(25)28;8-6-4-2-1-3-5(6)7(9)10;;;;;;;;;;;;;;;;;;;;;;;;;;;;;;;;;;;;/h13-15,24-25,33-34H,5-12,16-17H2,1-4H3;1-4,8H,(H,9,10);36*1H4/p-1/t24-,25-,28+,29+;;;;;;;;;;;;;;;;;;;;;;;;;;;;;;;;;;;;;/m1...................................../s1. The third kappa shape index (κ3) is 47.4. The number of carbonyl (C=O) groups excluding carboxylic acids is 2. The Kier molecular flexibility index (Phi) is 225. The maximum atomic E-state index is 13.8. The maximum absolute atomic E-state index is 13.8. The minimum absolute atomic E-state index is 0. The number of nitrogens with zero attached hydrogens (tertiary/aromatic N) is 1. The van der Waals surface area contributed by atoms with Crippen molar-refractivity contribution in [3.8, 4) is 17.2 Å². The Balaban J connectivity index is -0.0000000189. The van der Waals surface area contributed by atoms with E-state index in [0.29, 0.717) is 30.1 Å². The Labute approximate surface area is 550 Å². The van der Waals surface area contributed by atoms with E-state index in [9.17, 15) is 29.7 Å². The first-order chi connectivity index (χ1) is 23.2. The molecule has 554 valence electrons. The van der Waals surface area contributed by atoms with Gasteiger partial charge < -0.3 is 44.1 Å². The highest BCUT2D eigenvalue weighted by molar-refractivity contribution is 5.90. The maximum Gasteiger partial charge on any atom is 0.339 e. The Morgan fingerprint density at radius 3 is 1.40 bits per heavy atom. The van der Waals surface area contributed by atoms with E-state index in [0.717, 1.165) is 43.5 Å². The zero-order valence-electron chi connectivity index (χ0n) is 28.2. The molecule has 0 saturated carbocycles. The molecule has 1 saturated heterocycles. The van der Waals surface area contributed by atoms with Crippen molar-refractivity contribution in [3.05, 3.63) is 64.9 Å². The van der Waals surface area contributed by atoms with E-state index < -0.39 is 52.9 Å². The van der Waals surface area contributed by atoms with Gasteiger partial charge in [0.1, 0.15) is 5.76 Å². The average molecular weight is 1260 g/mol. The quantitative estimate of drug-likeness (QED) is 0.191. The SMILES string of the molecule is C.C.C.C.C.C.C.C.C.C.C.C.C.C.C.C.C.C.C.C.C.C.C.C.C.C.C.C.C.C.C.C.C.C.C.C.COC(=O)C[C@@](O)(CCCC(C)(C)O)C(=O)O[C@@H]1C(OC)=C[C@]23CCCN2CCc2cc4c(cc2[C@H]13)OCO4.O=C(O)c1ccccc1[O-]. The number of carbonyl (C=O) groups is 3. The van der Waals surface area contributed by atoms with Gasteiger partial charge in [0.15, 0.2) is 23.2 Å². The molecule has 1 spiro atoms. The molecule has 3 heterocycles. The number of para-hydroxylation sites is 1. The topological polar surface area (TPSA) is 184 Å². The summed E-state index contributed by atoms with van der Waals surface area (Å²) in [6.45, 7) is 5.21. The van der Waals surface area contributed by atoms with Crippen molar-refractivity contribution in [2.24, 2.45) is 0 Å². The second-order valence-electron chi connectivity index (χ2n) is 13.5. The van der Waals surface area contributed by atoms with Crippen molar-refractivity contribution in [1.82, 2.24) is 4.90 Å². The van der Waals surface area contributed by atoms with Crippen molar-refractivity contribution in [2.45, 2.75) is 355 Å². The molecule has 6 rings (SSSR count). The van der Waals surface area contributed by atoms with Gasteiger partial charge in [-0.2, -0.15) is 0 Å². The van der Waals surface area contributed by atoms with Crippen LogP contribution in [0.3, 0.4) is 0 Å². The largest absolute Gasteiger partial charge is 0.872 e. The van der Waals surface area contributed by atoms with E-state index in [-0.39, 0.29) is 292 Å². The highest BCUT2D eigenvalue weighted by atomic mass is 16.7. The second kappa shape index (κ2) is 88.4. The number of rotatable bonds is 10. The first kappa shape index (κ1) is 216. The zero-order valence-corrected chi connectivity index (χ0v) is 28.2. The summed E-state index contributed by atoms with van der Waals surface area (Å²) in [5.74, 6) is -1.69. The zero-order chi connectivity index (χ0) is 35.6. The lowest BCUT2D eigenvalue weighted by Gasteiger charge is -2.39. The van der Waals surface area contributed by atoms with Gasteiger partial charge >= 0.3 is 17.9 Å². The first-order valence-corrected chi connectivity index (χ1v) is 16.4. The highest BCUT2D eigenvalue weighted by Gasteiger charge is 2.59. The predicted octanol–water partition coefficient (Wildman–Crippen LogP) is 25.9. The number of carboxylic acids is 1. The van der Waals surface area contributed by atoms with Gasteiger partial charge in [0.2, 0.25) is 6.79 Å². The summed E-state index contributed by atoms with van der Waals surface area (Å²) < 4.78 is 28.1. The van der Waals surface area contributed by atoms with Crippen LogP contribution in [-0.2, 0) is 30.2 Å². The molecule has 2 aromatic rings. The van der Waals surface area contributed by atoms with Gasteiger partial charge in [0, 0.05) is 6.54 Å². The summed E-state index contributed by atoms with van der Waals surface area (Å²) >= 11 is 0. The average Bonchev–Trinajstić information content (AvgIpc) is 3.74. The van der Waals surface area contributed by atoms with Crippen LogP contribution in [0, 0.1) is 0 Å². The van der Waals surface area contributed by atoms with Gasteiger partial charge in [-0.15, -0.1) is 0 Å². The van der Waals surface area contributed by atoms with Crippen molar-refractivity contribution in [1.29, 1.82) is 0 Å². The van der Waals surface area contributed by atoms with Crippen molar-refractivity contribution >= 4 is 17.9 Å². The number of carboxylic acid groups (broad SMARTS) is 1. The number of hydrogen-bond donors (Lipinski definition) is 3. The van der Waals surface area contributed by atoms with Crippen LogP contribution in [0.15, 0.2) is 48.2 Å². The number of hydrogen-bond acceptors (Lipinski definition) is 12. The monoisotopic (exact) mass is 1260 g/mol. The molecule has 13 nitrogen and oxygen atoms in total. The summed E-state index contributed by atoms with van der Waals surface area (Å²) in [7, 11) is 2.76. The van der Waals surface area contributed by atoms with Gasteiger partial charge in [-0.05, 0) is 94.3 Å². The summed E-state index contributed by atoms with van der Waals surface area (Å²) in [5.41, 5.74) is -1.60. The Morgan fingerprint density at radius 2 is 1.04 bits per heavy atom. The summed E-state index contributed by atoms with van der Waals surface area (Å²) in [6.07, 6.45) is 3.94. The molecule has 0 radical (unpaired) electrons. The molecule has 13 heteroatoms. The fourth-order valence-corrected chi connectivity index (χ4v) is 7.35. The number of ether oxygens (including phenoxy) is 5. The third-order valence-corrected chi connectivity index (χ3v) is 9.74. The summed E-state index contributed by atoms with van der Waals surface area (Å²) in [6, 6.07) is 9.54. The Morgan fingerprint density at radius 1 is 0.624 bits per heavy atom. The van der Waals surface area contributed by atoms with E-state index >= 15 is 0 Å². The van der Waals surface area contributed by atoms with E-state index in [1.54, 1.807) is 21.0 Å². The minimum Gasteiger partial charge on any atom is -0.872 e. The number of fused-ring (bicyclic) bond motifs is 3. The van der Waals surface area contributed by atoms with Crippen LogP contribution in [0.1, 0.15) is 347 Å². The highest BCUT2D eigenvalue weighted by Crippen LogP contribution is 2.55. The van der Waals surface area contributed by atoms with Gasteiger partial charge in [0.25, 0.3) is 0 Å². The number of aliphatic hydroxyl groups is 2. The van der Waals surface area contributed by atoms with Crippen LogP contribution in [0.2, 0.25) is 0 Å². The fraction of sp³-hybridized carbons (Fsp3) is 0.764. The molecule has 3 N–H and O–H groups in total. The van der Waals surface area contributed by atoms with Crippen LogP contribution in [-0.4, -0.2) is 95.1 Å². The van der Waals surface area contributed by atoms with Gasteiger partial charge in [-0.25, -0.2) is 9.59 Å². The third-order valence-electron chi connectivity index (χ3n) is 9.74. The van der Waals surface area contributed by atoms with Crippen LogP contribution in [0.25, 0.3) is 0 Å². The van der Waals surface area contributed by atoms with Gasteiger partial charge in [-0.1, -0.05) is 291 Å². The molecule has 1 aliphatic carbocycles. The molecule has 85 heavy (non-hydrogen) atoms. The normalized spacial score (nSPS) is 13.5. The molecule has 4 aliphatic rings. The molecule has 0 aromatic heterocycles. The lowest BCUT2D eigenvalue weighted by Crippen LogP contribution is -2.49. The Hall–Kier alpha value is -4.33. The molecule has 0 unspecified atom stereocenters. The Bertz CT molecular complexity index is 1610. The van der Waals surface area contributed by atoms with E-state index in [1.165, 1.54) is 31.4 Å². The van der Waals surface area contributed by atoms with Crippen molar-refractivity contribution in [2.75, 3.05) is 34.1 Å².